The van der Waals surface area contributed by atoms with Crippen molar-refractivity contribution in [1.82, 2.24) is 0 Å². The zero-order chi connectivity index (χ0) is 13.7. The molecular weight excluding hydrogens is 256 g/mol. The van der Waals surface area contributed by atoms with Gasteiger partial charge in [0.2, 0.25) is 0 Å². The van der Waals surface area contributed by atoms with Gasteiger partial charge in [-0.1, -0.05) is 12.1 Å². The molecule has 0 heterocycles. The maximum absolute atomic E-state index is 5.17. The first-order valence-corrected chi connectivity index (χ1v) is 7.05. The van der Waals surface area contributed by atoms with E-state index in [2.05, 4.69) is 31.2 Å². The first-order chi connectivity index (χ1) is 9.22. The topological polar surface area (TPSA) is 18.5 Å². The highest BCUT2D eigenvalue weighted by atomic mass is 32.2. The summed E-state index contributed by atoms with van der Waals surface area (Å²) < 4.78 is 10.3. The molecule has 2 nitrogen and oxygen atoms in total. The van der Waals surface area contributed by atoms with Gasteiger partial charge in [-0.05, 0) is 48.9 Å². The van der Waals surface area contributed by atoms with Crippen LogP contribution in [0.2, 0.25) is 0 Å². The minimum Gasteiger partial charge on any atom is -0.497 e. The second-order valence-corrected chi connectivity index (χ2v) is 5.62. The van der Waals surface area contributed by atoms with Gasteiger partial charge in [-0.2, -0.15) is 0 Å². The minimum atomic E-state index is 0.402. The van der Waals surface area contributed by atoms with Crippen LogP contribution in [0, 0.1) is 0 Å². The van der Waals surface area contributed by atoms with Crippen LogP contribution >= 0.6 is 11.8 Å². The SMILES string of the molecule is COc1ccc(SC(C)c2ccc(OC)cc2)cc1. The van der Waals surface area contributed by atoms with Crippen LogP contribution in [-0.4, -0.2) is 14.2 Å². The molecule has 0 radical (unpaired) electrons. The molecule has 0 bridgehead atoms. The Labute approximate surface area is 118 Å². The Hall–Kier alpha value is -1.61. The second kappa shape index (κ2) is 6.53. The largest absolute Gasteiger partial charge is 0.497 e. The van der Waals surface area contributed by atoms with Gasteiger partial charge in [0.05, 0.1) is 14.2 Å². The lowest BCUT2D eigenvalue weighted by atomic mass is 10.2. The Morgan fingerprint density at radius 3 is 1.74 bits per heavy atom. The van der Waals surface area contributed by atoms with Crippen molar-refractivity contribution >= 4 is 11.8 Å². The van der Waals surface area contributed by atoms with Gasteiger partial charge in [0.1, 0.15) is 11.5 Å². The summed E-state index contributed by atoms with van der Waals surface area (Å²) in [6, 6.07) is 16.4. The van der Waals surface area contributed by atoms with Crippen molar-refractivity contribution in [2.75, 3.05) is 14.2 Å². The van der Waals surface area contributed by atoms with Crippen LogP contribution < -0.4 is 9.47 Å². The van der Waals surface area contributed by atoms with E-state index in [4.69, 9.17) is 9.47 Å². The summed E-state index contributed by atoms with van der Waals surface area (Å²) in [6.07, 6.45) is 0. The molecule has 0 aliphatic rings. The average Bonchev–Trinajstić information content (AvgIpc) is 2.48. The summed E-state index contributed by atoms with van der Waals surface area (Å²) in [7, 11) is 3.37. The van der Waals surface area contributed by atoms with Crippen LogP contribution in [-0.2, 0) is 0 Å². The Bertz CT molecular complexity index is 505. The Kier molecular flexibility index (Phi) is 4.74. The standard InChI is InChI=1S/C16H18O2S/c1-12(13-4-6-14(17-2)7-5-13)19-16-10-8-15(18-3)9-11-16/h4-12H,1-3H3. The summed E-state index contributed by atoms with van der Waals surface area (Å²) in [5, 5.41) is 0.402. The van der Waals surface area contributed by atoms with Crippen LogP contribution in [0.25, 0.3) is 0 Å². The highest BCUT2D eigenvalue weighted by molar-refractivity contribution is 7.99. The van der Waals surface area contributed by atoms with E-state index in [0.29, 0.717) is 5.25 Å². The number of hydrogen-bond donors (Lipinski definition) is 0. The van der Waals surface area contributed by atoms with Gasteiger partial charge >= 0.3 is 0 Å². The summed E-state index contributed by atoms with van der Waals surface area (Å²) in [5.41, 5.74) is 1.29. The molecule has 2 aromatic carbocycles. The van der Waals surface area contributed by atoms with Crippen LogP contribution in [0.5, 0.6) is 11.5 Å². The van der Waals surface area contributed by atoms with Crippen LogP contribution in [0.3, 0.4) is 0 Å². The average molecular weight is 274 g/mol. The zero-order valence-electron chi connectivity index (χ0n) is 11.4. The molecule has 19 heavy (non-hydrogen) atoms. The fourth-order valence-electron chi connectivity index (χ4n) is 1.80. The molecule has 0 aliphatic carbocycles. The molecule has 2 aromatic rings. The molecule has 3 heteroatoms. The molecule has 0 saturated heterocycles. The van der Waals surface area contributed by atoms with Gasteiger partial charge in [0.25, 0.3) is 0 Å². The molecule has 1 unspecified atom stereocenters. The Morgan fingerprint density at radius 1 is 0.789 bits per heavy atom. The van der Waals surface area contributed by atoms with Gasteiger partial charge in [-0.15, -0.1) is 11.8 Å². The summed E-state index contributed by atoms with van der Waals surface area (Å²) >= 11 is 1.83. The summed E-state index contributed by atoms with van der Waals surface area (Å²) in [5.74, 6) is 1.78. The lowest BCUT2D eigenvalue weighted by molar-refractivity contribution is 0.414. The van der Waals surface area contributed by atoms with Crippen molar-refractivity contribution in [3.05, 3.63) is 54.1 Å². The number of benzene rings is 2. The molecule has 0 fully saturated rings. The number of hydrogen-bond acceptors (Lipinski definition) is 3. The minimum absolute atomic E-state index is 0.402. The van der Waals surface area contributed by atoms with Crippen molar-refractivity contribution < 1.29 is 9.47 Å². The van der Waals surface area contributed by atoms with E-state index in [1.807, 2.05) is 36.0 Å². The molecule has 0 saturated carbocycles. The predicted octanol–water partition coefficient (Wildman–Crippen LogP) is 4.56. The third-order valence-corrected chi connectivity index (χ3v) is 4.13. The quantitative estimate of drug-likeness (QED) is 0.745. The van der Waals surface area contributed by atoms with Crippen molar-refractivity contribution in [3.63, 3.8) is 0 Å². The molecule has 100 valence electrons. The van der Waals surface area contributed by atoms with E-state index in [9.17, 15) is 0 Å². The molecule has 1 atom stereocenters. The third kappa shape index (κ3) is 3.67. The highest BCUT2D eigenvalue weighted by Gasteiger charge is 2.07. The predicted molar refractivity (Wildman–Crippen MR) is 80.3 cm³/mol. The molecule has 0 amide bonds. The van der Waals surface area contributed by atoms with E-state index in [-0.39, 0.29) is 0 Å². The van der Waals surface area contributed by atoms with Gasteiger partial charge in [0.15, 0.2) is 0 Å². The fourth-order valence-corrected chi connectivity index (χ4v) is 2.80. The Morgan fingerprint density at radius 2 is 1.26 bits per heavy atom. The van der Waals surface area contributed by atoms with Crippen molar-refractivity contribution in [3.8, 4) is 11.5 Å². The third-order valence-electron chi connectivity index (χ3n) is 2.96. The smallest absolute Gasteiger partial charge is 0.118 e. The first kappa shape index (κ1) is 13.8. The van der Waals surface area contributed by atoms with Gasteiger partial charge < -0.3 is 9.47 Å². The number of ether oxygens (including phenoxy) is 2. The van der Waals surface area contributed by atoms with Crippen molar-refractivity contribution in [2.45, 2.75) is 17.1 Å². The van der Waals surface area contributed by atoms with E-state index >= 15 is 0 Å². The monoisotopic (exact) mass is 274 g/mol. The van der Waals surface area contributed by atoms with Crippen molar-refractivity contribution in [1.29, 1.82) is 0 Å². The van der Waals surface area contributed by atoms with Gasteiger partial charge in [-0.3, -0.25) is 0 Å². The normalized spacial score (nSPS) is 11.9. The van der Waals surface area contributed by atoms with E-state index in [1.54, 1.807) is 14.2 Å². The van der Waals surface area contributed by atoms with E-state index < -0.39 is 0 Å². The number of thioether (sulfide) groups is 1. The lowest BCUT2D eigenvalue weighted by Crippen LogP contribution is -1.89. The van der Waals surface area contributed by atoms with Crippen LogP contribution in [0.4, 0.5) is 0 Å². The fraction of sp³-hybridized carbons (Fsp3) is 0.250. The first-order valence-electron chi connectivity index (χ1n) is 6.17. The van der Waals surface area contributed by atoms with E-state index in [0.717, 1.165) is 11.5 Å². The van der Waals surface area contributed by atoms with Crippen LogP contribution in [0.1, 0.15) is 17.7 Å². The molecule has 2 rings (SSSR count). The molecule has 0 aromatic heterocycles. The second-order valence-electron chi connectivity index (χ2n) is 4.21. The number of rotatable bonds is 5. The van der Waals surface area contributed by atoms with Gasteiger partial charge in [-0.25, -0.2) is 0 Å². The van der Waals surface area contributed by atoms with Gasteiger partial charge in [0, 0.05) is 10.1 Å². The molecule has 0 spiro atoms. The van der Waals surface area contributed by atoms with Crippen LogP contribution in [0.15, 0.2) is 53.4 Å². The summed E-state index contributed by atoms with van der Waals surface area (Å²) in [6.45, 7) is 2.21. The maximum atomic E-state index is 5.17. The van der Waals surface area contributed by atoms with E-state index in [1.165, 1.54) is 10.5 Å². The number of methoxy groups -OCH3 is 2. The zero-order valence-corrected chi connectivity index (χ0v) is 12.2. The lowest BCUT2D eigenvalue weighted by Gasteiger charge is -2.12. The Balaban J connectivity index is 2.04. The molecular formula is C16H18O2S. The summed E-state index contributed by atoms with van der Waals surface area (Å²) in [4.78, 5) is 1.24. The van der Waals surface area contributed by atoms with Crippen molar-refractivity contribution in [2.24, 2.45) is 0 Å². The molecule has 0 aliphatic heterocycles. The highest BCUT2D eigenvalue weighted by Crippen LogP contribution is 2.35. The molecule has 0 N–H and O–H groups in total. The maximum Gasteiger partial charge on any atom is 0.118 e.